The summed E-state index contributed by atoms with van der Waals surface area (Å²) in [5, 5.41) is 9.33. The van der Waals surface area contributed by atoms with Gasteiger partial charge in [-0.25, -0.2) is 4.79 Å². The molecule has 0 aliphatic carbocycles. The first-order valence-corrected chi connectivity index (χ1v) is 9.45. The predicted octanol–water partition coefficient (Wildman–Crippen LogP) is 1.89. The van der Waals surface area contributed by atoms with E-state index in [-0.39, 0.29) is 17.5 Å². The highest BCUT2D eigenvalue weighted by Crippen LogP contribution is 2.29. The van der Waals surface area contributed by atoms with Crippen LogP contribution in [0.4, 0.5) is 0 Å². The van der Waals surface area contributed by atoms with Gasteiger partial charge in [0, 0.05) is 30.0 Å². The highest BCUT2D eigenvalue weighted by molar-refractivity contribution is 5.99. The zero-order valence-electron chi connectivity index (χ0n) is 16.0. The first-order chi connectivity index (χ1) is 13.4. The molecule has 3 heterocycles. The highest BCUT2D eigenvalue weighted by atomic mass is 16.4. The molecule has 2 aromatic rings. The number of aromatic nitrogens is 1. The van der Waals surface area contributed by atoms with Gasteiger partial charge in [-0.3, -0.25) is 14.2 Å². The van der Waals surface area contributed by atoms with Gasteiger partial charge >= 0.3 is 5.97 Å². The van der Waals surface area contributed by atoms with Crippen molar-refractivity contribution in [1.82, 2.24) is 14.4 Å². The lowest BCUT2D eigenvalue weighted by Gasteiger charge is -2.34. The molecule has 7 nitrogen and oxygen atoms in total. The molecule has 2 aliphatic heterocycles. The van der Waals surface area contributed by atoms with Gasteiger partial charge in [-0.2, -0.15) is 0 Å². The van der Waals surface area contributed by atoms with Gasteiger partial charge in [-0.15, -0.1) is 0 Å². The average Bonchev–Trinajstić information content (AvgIpc) is 2.98. The van der Waals surface area contributed by atoms with E-state index in [0.29, 0.717) is 23.4 Å². The van der Waals surface area contributed by atoms with Gasteiger partial charge in [0.1, 0.15) is 5.56 Å². The number of hydrogen-bond acceptors (Lipinski definition) is 4. The maximum Gasteiger partial charge on any atom is 0.341 e. The van der Waals surface area contributed by atoms with E-state index >= 15 is 0 Å². The summed E-state index contributed by atoms with van der Waals surface area (Å²) in [5.41, 5.74) is 1.63. The lowest BCUT2D eigenvalue weighted by Crippen LogP contribution is -2.43. The largest absolute Gasteiger partial charge is 0.477 e. The summed E-state index contributed by atoms with van der Waals surface area (Å²) >= 11 is 0. The molecule has 1 fully saturated rings. The Hall–Kier alpha value is -2.93. The van der Waals surface area contributed by atoms with Crippen LogP contribution in [0.3, 0.4) is 0 Å². The summed E-state index contributed by atoms with van der Waals surface area (Å²) in [7, 11) is 2.09. The normalized spacial score (nSPS) is 17.8. The molecule has 0 spiro atoms. The zero-order valence-corrected chi connectivity index (χ0v) is 16.0. The number of aromatic carboxylic acids is 1. The molecule has 7 heteroatoms. The minimum atomic E-state index is -1.25. The molecule has 0 unspecified atom stereocenters. The number of pyridine rings is 1. The number of carboxylic acids is 1. The fraction of sp³-hybridized carbons (Fsp3) is 0.381. The Balaban J connectivity index is 1.68. The maximum absolute atomic E-state index is 13.0. The molecule has 4 rings (SSSR count). The molecule has 0 radical (unpaired) electrons. The third-order valence-electron chi connectivity index (χ3n) is 5.85. The number of likely N-dealkylation sites (tertiary alicyclic amines) is 1. The van der Waals surface area contributed by atoms with E-state index in [0.717, 1.165) is 31.5 Å². The fourth-order valence-electron chi connectivity index (χ4n) is 4.15. The fourth-order valence-corrected chi connectivity index (χ4v) is 4.15. The van der Waals surface area contributed by atoms with E-state index in [1.54, 1.807) is 31.3 Å². The molecule has 0 saturated carbocycles. The first-order valence-electron chi connectivity index (χ1n) is 9.45. The second kappa shape index (κ2) is 6.91. The number of carboxylic acid groups (broad SMARTS) is 1. The van der Waals surface area contributed by atoms with Crippen molar-refractivity contribution < 1.29 is 14.7 Å². The van der Waals surface area contributed by atoms with Crippen LogP contribution in [0.25, 0.3) is 5.69 Å². The number of carbonyl (C=O) groups excluding carboxylic acids is 1. The van der Waals surface area contributed by atoms with Crippen molar-refractivity contribution >= 4 is 11.9 Å². The molecular formula is C21H23N3O4. The van der Waals surface area contributed by atoms with Crippen LogP contribution < -0.4 is 5.56 Å². The Labute approximate surface area is 162 Å². The zero-order chi connectivity index (χ0) is 20.0. The lowest BCUT2D eigenvalue weighted by molar-refractivity contribution is 0.0616. The van der Waals surface area contributed by atoms with Gasteiger partial charge < -0.3 is 14.9 Å². The van der Waals surface area contributed by atoms with Crippen molar-refractivity contribution in [2.75, 3.05) is 20.1 Å². The number of carbonyl (C=O) groups is 2. The Morgan fingerprint density at radius 1 is 1.14 bits per heavy atom. The lowest BCUT2D eigenvalue weighted by atomic mass is 10.0. The summed E-state index contributed by atoms with van der Waals surface area (Å²) in [6.45, 7) is 4.15. The van der Waals surface area contributed by atoms with Gasteiger partial charge in [0.25, 0.3) is 11.5 Å². The van der Waals surface area contributed by atoms with Crippen molar-refractivity contribution in [2.45, 2.75) is 32.4 Å². The van der Waals surface area contributed by atoms with Gasteiger partial charge in [-0.1, -0.05) is 6.07 Å². The standard InChI is InChI=1S/C21H23N3O4/c1-13-5-10-23(20(26)18(13)21(27)28)16-4-3-14-12-24(19(25)17(14)11-16)15-6-8-22(2)9-7-15/h3-5,10-11,15H,6-9,12H2,1-2H3,(H,27,28). The highest BCUT2D eigenvalue weighted by Gasteiger charge is 2.34. The molecular weight excluding hydrogens is 358 g/mol. The number of nitrogens with zero attached hydrogens (tertiary/aromatic N) is 3. The van der Waals surface area contributed by atoms with Crippen molar-refractivity contribution in [1.29, 1.82) is 0 Å². The van der Waals surface area contributed by atoms with Crippen LogP contribution in [-0.4, -0.2) is 57.5 Å². The van der Waals surface area contributed by atoms with Crippen molar-refractivity contribution in [3.05, 3.63) is 63.1 Å². The maximum atomic E-state index is 13.0. The van der Waals surface area contributed by atoms with Crippen LogP contribution in [0.1, 0.15) is 44.7 Å². The smallest absolute Gasteiger partial charge is 0.341 e. The van der Waals surface area contributed by atoms with Gasteiger partial charge in [0.05, 0.1) is 0 Å². The summed E-state index contributed by atoms with van der Waals surface area (Å²) < 4.78 is 1.29. The first kappa shape index (κ1) is 18.4. The topological polar surface area (TPSA) is 82.9 Å². The van der Waals surface area contributed by atoms with E-state index in [1.807, 2.05) is 11.0 Å². The third kappa shape index (κ3) is 3.01. The number of aryl methyl sites for hydroxylation is 1. The molecule has 1 amide bonds. The van der Waals surface area contributed by atoms with Crippen LogP contribution in [0.5, 0.6) is 0 Å². The summed E-state index contributed by atoms with van der Waals surface area (Å²) in [6, 6.07) is 7.18. The summed E-state index contributed by atoms with van der Waals surface area (Å²) in [5.74, 6) is -1.26. The quantitative estimate of drug-likeness (QED) is 0.878. The van der Waals surface area contributed by atoms with Crippen LogP contribution in [-0.2, 0) is 6.54 Å². The van der Waals surface area contributed by atoms with E-state index < -0.39 is 11.5 Å². The van der Waals surface area contributed by atoms with Crippen molar-refractivity contribution in [2.24, 2.45) is 0 Å². The number of fused-ring (bicyclic) bond motifs is 1. The third-order valence-corrected chi connectivity index (χ3v) is 5.85. The van der Waals surface area contributed by atoms with Crippen LogP contribution in [0.2, 0.25) is 0 Å². The number of rotatable bonds is 3. The van der Waals surface area contributed by atoms with E-state index in [9.17, 15) is 19.5 Å². The SMILES string of the molecule is Cc1ccn(-c2ccc3c(c2)C(=O)N(C2CCN(C)CC2)C3)c(=O)c1C(=O)O. The Morgan fingerprint density at radius 3 is 2.54 bits per heavy atom. The number of hydrogen-bond donors (Lipinski definition) is 1. The number of piperidine rings is 1. The Morgan fingerprint density at radius 2 is 1.86 bits per heavy atom. The molecule has 1 saturated heterocycles. The molecule has 1 aromatic heterocycles. The molecule has 28 heavy (non-hydrogen) atoms. The Bertz CT molecular complexity index is 1020. The van der Waals surface area contributed by atoms with Crippen LogP contribution in [0.15, 0.2) is 35.3 Å². The number of benzene rings is 1. The summed E-state index contributed by atoms with van der Waals surface area (Å²) in [6.07, 6.45) is 3.48. The van der Waals surface area contributed by atoms with Gasteiger partial charge in [0.2, 0.25) is 0 Å². The Kier molecular flexibility index (Phi) is 4.55. The second-order valence-electron chi connectivity index (χ2n) is 7.66. The molecule has 1 N–H and O–H groups in total. The van der Waals surface area contributed by atoms with E-state index in [4.69, 9.17) is 0 Å². The van der Waals surface area contributed by atoms with E-state index in [2.05, 4.69) is 11.9 Å². The van der Waals surface area contributed by atoms with Crippen LogP contribution in [0, 0.1) is 6.92 Å². The van der Waals surface area contributed by atoms with Gasteiger partial charge in [0.15, 0.2) is 0 Å². The van der Waals surface area contributed by atoms with Crippen molar-refractivity contribution in [3.8, 4) is 5.69 Å². The molecule has 2 aliphatic rings. The molecule has 0 bridgehead atoms. The summed E-state index contributed by atoms with van der Waals surface area (Å²) in [4.78, 5) is 41.3. The van der Waals surface area contributed by atoms with Gasteiger partial charge in [-0.05, 0) is 69.2 Å². The van der Waals surface area contributed by atoms with Crippen LogP contribution >= 0.6 is 0 Å². The average molecular weight is 381 g/mol. The predicted molar refractivity (Wildman–Crippen MR) is 104 cm³/mol. The van der Waals surface area contributed by atoms with Crippen molar-refractivity contribution in [3.63, 3.8) is 0 Å². The molecule has 146 valence electrons. The molecule has 0 atom stereocenters. The minimum Gasteiger partial charge on any atom is -0.477 e. The monoisotopic (exact) mass is 381 g/mol. The minimum absolute atomic E-state index is 0.00924. The van der Waals surface area contributed by atoms with E-state index in [1.165, 1.54) is 4.57 Å². The number of amides is 1. The molecule has 1 aromatic carbocycles. The second-order valence-corrected chi connectivity index (χ2v) is 7.66.